The Hall–Kier alpha value is -2.08. The predicted octanol–water partition coefficient (Wildman–Crippen LogP) is 7.34. The first kappa shape index (κ1) is 23.2. The van der Waals surface area contributed by atoms with Gasteiger partial charge < -0.3 is 0 Å². The third kappa shape index (κ3) is 4.45. The van der Waals surface area contributed by atoms with Crippen LogP contribution in [0.4, 0.5) is 0 Å². The van der Waals surface area contributed by atoms with Crippen molar-refractivity contribution in [2.24, 2.45) is 0 Å². The van der Waals surface area contributed by atoms with Gasteiger partial charge in [0.2, 0.25) is 0 Å². The lowest BCUT2D eigenvalue weighted by Gasteiger charge is -2.33. The van der Waals surface area contributed by atoms with E-state index in [1.54, 1.807) is 0 Å². The van der Waals surface area contributed by atoms with Crippen LogP contribution in [0.25, 0.3) is 0 Å². The summed E-state index contributed by atoms with van der Waals surface area (Å²) in [5.41, 5.74) is 5.15. The maximum atomic E-state index is 3.85. The maximum Gasteiger partial charge on any atom is 0.0385 e. The van der Waals surface area contributed by atoms with Gasteiger partial charge in [-0.1, -0.05) is 101 Å². The quantitative estimate of drug-likeness (QED) is 0.518. The molecule has 0 amide bonds. The smallest absolute Gasteiger partial charge is 0.0385 e. The Kier molecular flexibility index (Phi) is 9.92. The van der Waals surface area contributed by atoms with Gasteiger partial charge in [-0.05, 0) is 37.5 Å². The molecule has 0 aliphatic rings. The molecule has 1 atom stereocenters. The Morgan fingerprint density at radius 2 is 1.43 bits per heavy atom. The van der Waals surface area contributed by atoms with Crippen molar-refractivity contribution < 1.29 is 0 Å². The fourth-order valence-electron chi connectivity index (χ4n) is 2.84. The molecular formula is C23H34. The van der Waals surface area contributed by atoms with Crippen LogP contribution in [0.5, 0.6) is 0 Å². The lowest BCUT2D eigenvalue weighted by Crippen LogP contribution is -2.26. The minimum atomic E-state index is -0.124. The van der Waals surface area contributed by atoms with E-state index >= 15 is 0 Å². The second kappa shape index (κ2) is 9.84. The highest BCUT2D eigenvalue weighted by atomic mass is 14.3. The molecule has 0 N–H and O–H groups in total. The summed E-state index contributed by atoms with van der Waals surface area (Å²) in [5, 5.41) is 0. The van der Waals surface area contributed by atoms with Crippen molar-refractivity contribution in [1.29, 1.82) is 0 Å². The molecule has 2 aromatic rings. The van der Waals surface area contributed by atoms with E-state index in [4.69, 9.17) is 0 Å². The van der Waals surface area contributed by atoms with E-state index in [-0.39, 0.29) is 27.7 Å². The molecule has 2 rings (SSSR count). The number of rotatable bonds is 4. The fraction of sp³-hybridized carbons (Fsp3) is 0.304. The van der Waals surface area contributed by atoms with Crippen LogP contribution in [0.3, 0.4) is 0 Å². The monoisotopic (exact) mass is 310 g/mol. The second-order valence-electron chi connectivity index (χ2n) is 5.39. The molecular weight excluding hydrogens is 276 g/mol. The zero-order valence-corrected chi connectivity index (χ0v) is 12.6. The molecule has 0 spiro atoms. The summed E-state index contributed by atoms with van der Waals surface area (Å²) in [6.07, 6.45) is 3.98. The van der Waals surface area contributed by atoms with Crippen molar-refractivity contribution in [3.8, 4) is 0 Å². The van der Waals surface area contributed by atoms with Crippen molar-refractivity contribution in [2.75, 3.05) is 0 Å². The highest BCUT2D eigenvalue weighted by Gasteiger charge is 2.31. The van der Waals surface area contributed by atoms with E-state index in [2.05, 4.69) is 88.0 Å². The molecule has 0 heterocycles. The van der Waals surface area contributed by atoms with Crippen molar-refractivity contribution >= 4 is 0 Å². The molecule has 0 heteroatoms. The maximum absolute atomic E-state index is 3.85. The molecule has 0 nitrogen and oxygen atoms in total. The van der Waals surface area contributed by atoms with E-state index in [1.807, 2.05) is 6.08 Å². The molecule has 126 valence electrons. The Morgan fingerprint density at radius 3 is 1.96 bits per heavy atom. The lowest BCUT2D eigenvalue weighted by molar-refractivity contribution is 0.668. The number of hydrogen-bond donors (Lipinski definition) is 0. The van der Waals surface area contributed by atoms with Crippen molar-refractivity contribution in [2.45, 2.75) is 48.5 Å². The van der Waals surface area contributed by atoms with Crippen LogP contribution < -0.4 is 0 Å². The summed E-state index contributed by atoms with van der Waals surface area (Å²) in [4.78, 5) is 0. The summed E-state index contributed by atoms with van der Waals surface area (Å²) in [6, 6.07) is 19.3. The molecule has 0 saturated heterocycles. The highest BCUT2D eigenvalue weighted by molar-refractivity contribution is 5.50. The Labute approximate surface area is 144 Å². The van der Waals surface area contributed by atoms with Crippen LogP contribution in [0.15, 0.2) is 78.9 Å². The topological polar surface area (TPSA) is 0 Å². The van der Waals surface area contributed by atoms with Crippen LogP contribution in [-0.2, 0) is 5.41 Å². The number of hydrogen-bond acceptors (Lipinski definition) is 0. The molecule has 1 unspecified atom stereocenters. The van der Waals surface area contributed by atoms with Gasteiger partial charge in [0.25, 0.3) is 0 Å². The molecule has 0 radical (unpaired) electrons. The average Bonchev–Trinajstić information content (AvgIpc) is 2.48. The van der Waals surface area contributed by atoms with Crippen LogP contribution in [-0.4, -0.2) is 0 Å². The van der Waals surface area contributed by atoms with Crippen LogP contribution >= 0.6 is 0 Å². The molecule has 0 aliphatic carbocycles. The lowest BCUT2D eigenvalue weighted by atomic mass is 9.69. The fourth-order valence-corrected chi connectivity index (χ4v) is 2.84. The zero-order chi connectivity index (χ0) is 14.6. The van der Waals surface area contributed by atoms with Crippen LogP contribution in [0.1, 0.15) is 52.8 Å². The first-order chi connectivity index (χ1) is 9.60. The van der Waals surface area contributed by atoms with Crippen molar-refractivity contribution in [3.63, 3.8) is 0 Å². The second-order valence-corrected chi connectivity index (χ2v) is 5.39. The van der Waals surface area contributed by atoms with Crippen molar-refractivity contribution in [3.05, 3.63) is 95.6 Å². The van der Waals surface area contributed by atoms with Gasteiger partial charge in [-0.3, -0.25) is 0 Å². The SMILES string of the molecule is C.C.C.C=C/C=C(\C)C(C)(c1ccccc1)c1ccccc1C. The molecule has 0 aliphatic heterocycles. The van der Waals surface area contributed by atoms with Gasteiger partial charge in [0.05, 0.1) is 0 Å². The number of aryl methyl sites for hydroxylation is 1. The molecule has 23 heavy (non-hydrogen) atoms. The van der Waals surface area contributed by atoms with Gasteiger partial charge in [-0.2, -0.15) is 0 Å². The van der Waals surface area contributed by atoms with Crippen LogP contribution in [0.2, 0.25) is 0 Å². The Morgan fingerprint density at radius 1 is 0.913 bits per heavy atom. The first-order valence-corrected chi connectivity index (χ1v) is 7.02. The van der Waals surface area contributed by atoms with E-state index in [0.717, 1.165) is 0 Å². The highest BCUT2D eigenvalue weighted by Crippen LogP contribution is 2.40. The minimum Gasteiger partial charge on any atom is -0.0991 e. The summed E-state index contributed by atoms with van der Waals surface area (Å²) in [6.45, 7) is 10.5. The average molecular weight is 311 g/mol. The third-order valence-electron chi connectivity index (χ3n) is 4.19. The van der Waals surface area contributed by atoms with Gasteiger partial charge in [0.1, 0.15) is 0 Å². The number of allylic oxidation sites excluding steroid dienone is 3. The van der Waals surface area contributed by atoms with E-state index in [9.17, 15) is 0 Å². The van der Waals surface area contributed by atoms with E-state index < -0.39 is 0 Å². The molecule has 0 bridgehead atoms. The third-order valence-corrected chi connectivity index (χ3v) is 4.19. The molecule has 2 aromatic carbocycles. The standard InChI is InChI=1S/C20H22.3CH4/c1-5-11-17(3)20(4,18-13-7-6-8-14-18)19-15-10-9-12-16(19)2;;;/h5-15H,1H2,2-4H3;3*1H4/b17-11+;;;. The minimum absolute atomic E-state index is 0. The number of benzene rings is 2. The normalized spacial score (nSPS) is 12.7. The summed E-state index contributed by atoms with van der Waals surface area (Å²) < 4.78 is 0. The summed E-state index contributed by atoms with van der Waals surface area (Å²) in [7, 11) is 0. The Balaban J connectivity index is 0. The molecule has 0 aromatic heterocycles. The molecule has 0 saturated carbocycles. The predicted molar refractivity (Wildman–Crippen MR) is 108 cm³/mol. The summed E-state index contributed by atoms with van der Waals surface area (Å²) in [5.74, 6) is 0. The van der Waals surface area contributed by atoms with Crippen molar-refractivity contribution in [1.82, 2.24) is 0 Å². The van der Waals surface area contributed by atoms with Gasteiger partial charge in [0, 0.05) is 5.41 Å². The first-order valence-electron chi connectivity index (χ1n) is 7.02. The van der Waals surface area contributed by atoms with E-state index in [0.29, 0.717) is 0 Å². The Bertz CT molecular complexity index is 619. The zero-order valence-electron chi connectivity index (χ0n) is 12.6. The summed E-state index contributed by atoms with van der Waals surface area (Å²) >= 11 is 0. The largest absolute Gasteiger partial charge is 0.0991 e. The van der Waals surface area contributed by atoms with Gasteiger partial charge in [0.15, 0.2) is 0 Å². The van der Waals surface area contributed by atoms with Crippen LogP contribution in [0, 0.1) is 6.92 Å². The van der Waals surface area contributed by atoms with E-state index in [1.165, 1.54) is 22.3 Å². The van der Waals surface area contributed by atoms with Gasteiger partial charge >= 0.3 is 0 Å². The van der Waals surface area contributed by atoms with Gasteiger partial charge in [-0.25, -0.2) is 0 Å². The molecule has 0 fully saturated rings. The van der Waals surface area contributed by atoms with Gasteiger partial charge in [-0.15, -0.1) is 0 Å².